The Labute approximate surface area is 191 Å². The second-order valence-electron chi connectivity index (χ2n) is 9.23. The van der Waals surface area contributed by atoms with Crippen molar-refractivity contribution in [3.05, 3.63) is 23.8 Å². The van der Waals surface area contributed by atoms with Crippen molar-refractivity contribution >= 4 is 23.9 Å². The van der Waals surface area contributed by atoms with E-state index in [1.165, 1.54) is 14.0 Å². The van der Waals surface area contributed by atoms with E-state index in [4.69, 9.17) is 28.4 Å². The molecular weight excluding hydrogens is 436 g/mol. The summed E-state index contributed by atoms with van der Waals surface area (Å²) in [4.78, 5) is 50.4. The van der Waals surface area contributed by atoms with Gasteiger partial charge in [0.1, 0.15) is 12.2 Å². The summed E-state index contributed by atoms with van der Waals surface area (Å²) in [5.74, 6) is -3.79. The number of fused-ring (bicyclic) bond motifs is 3. The van der Waals surface area contributed by atoms with E-state index >= 15 is 0 Å². The molecule has 10 heteroatoms. The smallest absolute Gasteiger partial charge is 0.341 e. The van der Waals surface area contributed by atoms with Crippen LogP contribution < -0.4 is 0 Å². The molecule has 4 aliphatic rings. The molecule has 3 aliphatic heterocycles. The maximum atomic E-state index is 13.1. The molecule has 0 aromatic rings. The molecular formula is C23H28O10. The third-order valence-electron chi connectivity index (χ3n) is 6.97. The summed E-state index contributed by atoms with van der Waals surface area (Å²) in [6, 6.07) is 0. The molecule has 8 atom stereocenters. The molecule has 0 aromatic carbocycles. The molecule has 0 radical (unpaired) electrons. The minimum atomic E-state index is -1.36. The van der Waals surface area contributed by atoms with E-state index in [0.29, 0.717) is 12.8 Å². The SMILES string of the molecule is C=C1C(=O)OC2C1[C@@H](OC(=O)C1(C)OC1C)C(OC(C)=O)/C(C(=O)OC)=C\CC[C@@]1(C)OC21. The van der Waals surface area contributed by atoms with Gasteiger partial charge < -0.3 is 28.4 Å². The van der Waals surface area contributed by atoms with Gasteiger partial charge in [-0.05, 0) is 33.6 Å². The third-order valence-corrected chi connectivity index (χ3v) is 6.97. The molecule has 3 saturated heterocycles. The number of esters is 4. The van der Waals surface area contributed by atoms with E-state index in [0.717, 1.165) is 0 Å². The minimum absolute atomic E-state index is 0.00554. The molecule has 4 rings (SSSR count). The van der Waals surface area contributed by atoms with Crippen molar-refractivity contribution in [3.63, 3.8) is 0 Å². The van der Waals surface area contributed by atoms with Gasteiger partial charge in [-0.25, -0.2) is 14.4 Å². The Bertz CT molecular complexity index is 953. The summed E-state index contributed by atoms with van der Waals surface area (Å²) in [7, 11) is 1.19. The lowest BCUT2D eigenvalue weighted by molar-refractivity contribution is -0.175. The molecule has 0 bridgehead atoms. The first kappa shape index (κ1) is 23.4. The van der Waals surface area contributed by atoms with Crippen molar-refractivity contribution in [2.24, 2.45) is 5.92 Å². The van der Waals surface area contributed by atoms with Gasteiger partial charge in [0.2, 0.25) is 0 Å². The summed E-state index contributed by atoms with van der Waals surface area (Å²) in [6.07, 6.45) is -1.87. The Morgan fingerprint density at radius 2 is 1.85 bits per heavy atom. The van der Waals surface area contributed by atoms with E-state index in [-0.39, 0.29) is 17.3 Å². The number of carbonyl (C=O) groups is 4. The van der Waals surface area contributed by atoms with Crippen LogP contribution in [0, 0.1) is 5.92 Å². The highest BCUT2D eigenvalue weighted by Gasteiger charge is 2.66. The lowest BCUT2D eigenvalue weighted by Crippen LogP contribution is -2.49. The zero-order chi connectivity index (χ0) is 24.3. The lowest BCUT2D eigenvalue weighted by atomic mass is 9.80. The van der Waals surface area contributed by atoms with Crippen molar-refractivity contribution in [2.75, 3.05) is 7.11 Å². The molecule has 33 heavy (non-hydrogen) atoms. The molecule has 3 fully saturated rings. The number of epoxide rings is 2. The fraction of sp³-hybridized carbons (Fsp3) is 0.652. The van der Waals surface area contributed by atoms with Gasteiger partial charge in [-0.2, -0.15) is 0 Å². The largest absolute Gasteiger partial charge is 0.466 e. The summed E-state index contributed by atoms with van der Waals surface area (Å²) >= 11 is 0. The molecule has 3 heterocycles. The average Bonchev–Trinajstić information content (AvgIpc) is 3.57. The Morgan fingerprint density at radius 1 is 1.18 bits per heavy atom. The van der Waals surface area contributed by atoms with E-state index in [1.807, 2.05) is 6.92 Å². The first-order valence-electron chi connectivity index (χ1n) is 10.8. The number of methoxy groups -OCH3 is 1. The Hall–Kier alpha value is -2.72. The van der Waals surface area contributed by atoms with E-state index < -0.39 is 65.4 Å². The predicted molar refractivity (Wildman–Crippen MR) is 110 cm³/mol. The fourth-order valence-corrected chi connectivity index (χ4v) is 4.66. The lowest BCUT2D eigenvalue weighted by Gasteiger charge is -2.34. The highest BCUT2D eigenvalue weighted by Crippen LogP contribution is 2.51. The second-order valence-corrected chi connectivity index (χ2v) is 9.23. The molecule has 10 nitrogen and oxygen atoms in total. The van der Waals surface area contributed by atoms with Crippen molar-refractivity contribution in [1.29, 1.82) is 0 Å². The van der Waals surface area contributed by atoms with Crippen molar-refractivity contribution in [3.8, 4) is 0 Å². The maximum Gasteiger partial charge on any atom is 0.341 e. The fourth-order valence-electron chi connectivity index (χ4n) is 4.66. The molecule has 0 aromatic heterocycles. The Balaban J connectivity index is 1.82. The van der Waals surface area contributed by atoms with E-state index in [1.54, 1.807) is 19.9 Å². The minimum Gasteiger partial charge on any atom is -0.466 e. The van der Waals surface area contributed by atoms with Gasteiger partial charge in [0.05, 0.1) is 30.3 Å². The number of ether oxygens (including phenoxy) is 6. The Morgan fingerprint density at radius 3 is 2.42 bits per heavy atom. The standard InChI is InChI=1S/C23H28O10/c1-10-14-16(31-21(27)23(5)11(2)32-23)15(29-12(3)24)13(20(26)28-6)8-7-9-22(4)18(33-22)17(14)30-19(10)25/h8,11,14-18H,1,7,9H2,2-6H3/b13-8+/t11?,14?,15?,16-,17?,18?,22-,23?/m1/s1. The van der Waals surface area contributed by atoms with Crippen LogP contribution in [0.4, 0.5) is 0 Å². The number of allylic oxidation sites excluding steroid dienone is 1. The number of rotatable bonds is 4. The highest BCUT2D eigenvalue weighted by atomic mass is 16.7. The van der Waals surface area contributed by atoms with Gasteiger partial charge in [-0.1, -0.05) is 12.7 Å². The van der Waals surface area contributed by atoms with Gasteiger partial charge in [0.15, 0.2) is 17.8 Å². The number of hydrogen-bond acceptors (Lipinski definition) is 10. The van der Waals surface area contributed by atoms with Gasteiger partial charge in [0.25, 0.3) is 0 Å². The van der Waals surface area contributed by atoms with Crippen LogP contribution in [0.25, 0.3) is 0 Å². The topological polar surface area (TPSA) is 130 Å². The summed E-state index contributed by atoms with van der Waals surface area (Å²) in [5, 5.41) is 0. The van der Waals surface area contributed by atoms with Crippen LogP contribution in [0.15, 0.2) is 23.8 Å². The zero-order valence-electron chi connectivity index (χ0n) is 19.2. The molecule has 0 spiro atoms. The van der Waals surface area contributed by atoms with Crippen LogP contribution in [0.1, 0.15) is 40.5 Å². The van der Waals surface area contributed by atoms with Crippen LogP contribution >= 0.6 is 0 Å². The van der Waals surface area contributed by atoms with E-state index in [9.17, 15) is 19.2 Å². The number of carbonyl (C=O) groups excluding carboxylic acids is 4. The molecule has 6 unspecified atom stereocenters. The number of hydrogen-bond donors (Lipinski definition) is 0. The van der Waals surface area contributed by atoms with Crippen molar-refractivity contribution in [1.82, 2.24) is 0 Å². The van der Waals surface area contributed by atoms with E-state index in [2.05, 4.69) is 6.58 Å². The monoisotopic (exact) mass is 464 g/mol. The predicted octanol–water partition coefficient (Wildman–Crippen LogP) is 1.16. The molecule has 0 amide bonds. The summed E-state index contributed by atoms with van der Waals surface area (Å²) in [5.41, 5.74) is -1.77. The van der Waals surface area contributed by atoms with Crippen molar-refractivity contribution < 1.29 is 47.6 Å². The summed E-state index contributed by atoms with van der Waals surface area (Å²) in [6.45, 7) is 10.2. The van der Waals surface area contributed by atoms with Gasteiger partial charge >= 0.3 is 23.9 Å². The first-order chi connectivity index (χ1) is 15.4. The average molecular weight is 464 g/mol. The molecule has 0 N–H and O–H groups in total. The summed E-state index contributed by atoms with van der Waals surface area (Å²) < 4.78 is 33.2. The quantitative estimate of drug-likeness (QED) is 0.258. The second kappa shape index (κ2) is 7.95. The van der Waals surface area contributed by atoms with Crippen LogP contribution in [0.5, 0.6) is 0 Å². The Kier molecular flexibility index (Phi) is 5.65. The normalized spacial score (nSPS) is 43.1. The van der Waals surface area contributed by atoms with Gasteiger partial charge in [-0.3, -0.25) is 4.79 Å². The van der Waals surface area contributed by atoms with Gasteiger partial charge in [-0.15, -0.1) is 0 Å². The van der Waals surface area contributed by atoms with Crippen LogP contribution in [-0.2, 0) is 47.6 Å². The van der Waals surface area contributed by atoms with Crippen LogP contribution in [-0.4, -0.2) is 72.7 Å². The molecule has 1 aliphatic carbocycles. The molecule has 180 valence electrons. The third kappa shape index (κ3) is 3.95. The van der Waals surface area contributed by atoms with Crippen LogP contribution in [0.2, 0.25) is 0 Å². The molecule has 0 saturated carbocycles. The first-order valence-corrected chi connectivity index (χ1v) is 10.8. The highest BCUT2D eigenvalue weighted by molar-refractivity contribution is 5.93. The van der Waals surface area contributed by atoms with Crippen molar-refractivity contribution in [2.45, 2.75) is 82.3 Å². The zero-order valence-corrected chi connectivity index (χ0v) is 19.2. The van der Waals surface area contributed by atoms with Crippen LogP contribution in [0.3, 0.4) is 0 Å². The van der Waals surface area contributed by atoms with Gasteiger partial charge in [0, 0.05) is 12.5 Å². The maximum absolute atomic E-state index is 13.1.